The minimum absolute atomic E-state index is 0.000127. The van der Waals surface area contributed by atoms with Gasteiger partial charge in [-0.1, -0.05) is 26.0 Å². The standard InChI is InChI=1S/C36H47F2N5O3/c1-4-11-43(12-5-2)36(46)29-16-25(3)15-28(21-29)35(45)41-33(20-27-17-30(37)22-31(38)18-27)34(44)24-40-23-26-7-6-8-32(19-26)42-13-9-39-10-14-42/h6-8,15-19,21-22,33-34,39-40,44H,4-5,9-14,20,23-24H2,1-3H3,(H,41,45)/t33-,34+/m0/s1. The van der Waals surface area contributed by atoms with Crippen molar-refractivity contribution in [2.75, 3.05) is 50.7 Å². The third kappa shape index (κ3) is 10.1. The number of rotatable bonds is 15. The summed E-state index contributed by atoms with van der Waals surface area (Å²) >= 11 is 0. The van der Waals surface area contributed by atoms with Gasteiger partial charge in [-0.05, 0) is 85.3 Å². The first-order chi connectivity index (χ1) is 22.2. The van der Waals surface area contributed by atoms with Crippen LogP contribution in [0.25, 0.3) is 0 Å². The van der Waals surface area contributed by atoms with Gasteiger partial charge in [0.25, 0.3) is 11.8 Å². The third-order valence-corrected chi connectivity index (χ3v) is 8.09. The Hall–Kier alpha value is -3.86. The number of hydrogen-bond donors (Lipinski definition) is 4. The van der Waals surface area contributed by atoms with Gasteiger partial charge in [-0.3, -0.25) is 9.59 Å². The number of carbonyl (C=O) groups is 2. The lowest BCUT2D eigenvalue weighted by atomic mass is 9.99. The lowest BCUT2D eigenvalue weighted by Gasteiger charge is -2.29. The number of aryl methyl sites for hydroxylation is 1. The van der Waals surface area contributed by atoms with Crippen molar-refractivity contribution in [2.45, 2.75) is 58.7 Å². The highest BCUT2D eigenvalue weighted by Gasteiger charge is 2.24. The highest BCUT2D eigenvalue weighted by molar-refractivity contribution is 6.00. The van der Waals surface area contributed by atoms with Crippen LogP contribution in [0.2, 0.25) is 0 Å². The third-order valence-electron chi connectivity index (χ3n) is 8.09. The highest BCUT2D eigenvalue weighted by atomic mass is 19.1. The van der Waals surface area contributed by atoms with Crippen LogP contribution < -0.4 is 20.9 Å². The van der Waals surface area contributed by atoms with E-state index >= 15 is 0 Å². The molecule has 0 bridgehead atoms. The average molecular weight is 636 g/mol. The van der Waals surface area contributed by atoms with Gasteiger partial charge in [0.2, 0.25) is 0 Å². The van der Waals surface area contributed by atoms with E-state index in [2.05, 4.69) is 33.0 Å². The van der Waals surface area contributed by atoms with Gasteiger partial charge in [0, 0.05) is 75.2 Å². The molecule has 0 unspecified atom stereocenters. The van der Waals surface area contributed by atoms with Crippen LogP contribution in [0, 0.1) is 18.6 Å². The van der Waals surface area contributed by atoms with E-state index in [0.29, 0.717) is 30.8 Å². The normalized spacial score (nSPS) is 14.5. The summed E-state index contributed by atoms with van der Waals surface area (Å²) in [4.78, 5) is 31.0. The summed E-state index contributed by atoms with van der Waals surface area (Å²) in [6, 6.07) is 15.6. The zero-order valence-corrected chi connectivity index (χ0v) is 27.1. The zero-order valence-electron chi connectivity index (χ0n) is 27.1. The molecule has 3 aromatic rings. The van der Waals surface area contributed by atoms with E-state index in [4.69, 9.17) is 0 Å². The fraction of sp³-hybridized carbons (Fsp3) is 0.444. The number of aliphatic hydroxyl groups is 1. The molecule has 1 aliphatic heterocycles. The molecule has 4 N–H and O–H groups in total. The van der Waals surface area contributed by atoms with E-state index in [1.54, 1.807) is 23.1 Å². The van der Waals surface area contributed by atoms with E-state index < -0.39 is 29.7 Å². The number of anilines is 1. The number of halogens is 2. The maximum atomic E-state index is 14.1. The van der Waals surface area contributed by atoms with Crippen LogP contribution in [0.5, 0.6) is 0 Å². The Labute approximate surface area is 271 Å². The van der Waals surface area contributed by atoms with Crippen LogP contribution in [0.15, 0.2) is 60.7 Å². The molecule has 10 heteroatoms. The Kier molecular flexibility index (Phi) is 13.1. The number of hydrogen-bond acceptors (Lipinski definition) is 6. The van der Waals surface area contributed by atoms with Gasteiger partial charge in [-0.15, -0.1) is 0 Å². The SMILES string of the molecule is CCCN(CCC)C(=O)c1cc(C)cc(C(=O)N[C@@H](Cc2cc(F)cc(F)c2)[C@H](O)CNCc2cccc(N3CCNCC3)c2)c1. The molecule has 1 saturated heterocycles. The molecule has 8 nitrogen and oxygen atoms in total. The van der Waals surface area contributed by atoms with Gasteiger partial charge in [-0.25, -0.2) is 8.78 Å². The van der Waals surface area contributed by atoms with Crippen molar-refractivity contribution in [3.63, 3.8) is 0 Å². The number of benzene rings is 3. The Morgan fingerprint density at radius 2 is 1.61 bits per heavy atom. The second-order valence-electron chi connectivity index (χ2n) is 12.0. The summed E-state index contributed by atoms with van der Waals surface area (Å²) in [7, 11) is 0. The molecule has 1 heterocycles. The smallest absolute Gasteiger partial charge is 0.253 e. The molecule has 0 aliphatic carbocycles. The lowest BCUT2D eigenvalue weighted by molar-refractivity contribution is 0.0755. The monoisotopic (exact) mass is 635 g/mol. The maximum absolute atomic E-state index is 14.1. The van der Waals surface area contributed by atoms with Crippen LogP contribution in [0.4, 0.5) is 14.5 Å². The largest absolute Gasteiger partial charge is 0.390 e. The van der Waals surface area contributed by atoms with E-state index in [0.717, 1.165) is 61.9 Å². The zero-order chi connectivity index (χ0) is 33.1. The molecule has 2 atom stereocenters. The van der Waals surface area contributed by atoms with Gasteiger partial charge in [0.1, 0.15) is 11.6 Å². The molecule has 248 valence electrons. The fourth-order valence-electron chi connectivity index (χ4n) is 5.89. The molecular weight excluding hydrogens is 588 g/mol. The van der Waals surface area contributed by atoms with Crippen LogP contribution >= 0.6 is 0 Å². The average Bonchev–Trinajstić information content (AvgIpc) is 3.03. The van der Waals surface area contributed by atoms with Gasteiger partial charge in [0.15, 0.2) is 0 Å². The van der Waals surface area contributed by atoms with E-state index in [-0.39, 0.29) is 24.4 Å². The molecule has 0 radical (unpaired) electrons. The Balaban J connectivity index is 1.48. The summed E-state index contributed by atoms with van der Waals surface area (Å²) in [5.74, 6) is -2.09. The first-order valence-electron chi connectivity index (χ1n) is 16.3. The van der Waals surface area contributed by atoms with Crippen LogP contribution in [0.3, 0.4) is 0 Å². The van der Waals surface area contributed by atoms with Crippen LogP contribution in [-0.2, 0) is 13.0 Å². The molecular formula is C36H47F2N5O3. The van der Waals surface area contributed by atoms with Crippen molar-refractivity contribution < 1.29 is 23.5 Å². The van der Waals surface area contributed by atoms with Gasteiger partial charge in [0.05, 0.1) is 12.1 Å². The summed E-state index contributed by atoms with van der Waals surface area (Å²) in [5.41, 5.74) is 3.94. The lowest BCUT2D eigenvalue weighted by Crippen LogP contribution is -2.48. The maximum Gasteiger partial charge on any atom is 0.253 e. The van der Waals surface area contributed by atoms with E-state index in [1.807, 2.05) is 32.9 Å². The van der Waals surface area contributed by atoms with Crippen LogP contribution in [-0.4, -0.2) is 79.8 Å². The summed E-state index contributed by atoms with van der Waals surface area (Å²) in [5, 5.41) is 20.8. The molecule has 2 amide bonds. The predicted molar refractivity (Wildman–Crippen MR) is 178 cm³/mol. The van der Waals surface area contributed by atoms with Gasteiger partial charge < -0.3 is 30.9 Å². The molecule has 46 heavy (non-hydrogen) atoms. The van der Waals surface area contributed by atoms with Gasteiger partial charge in [-0.2, -0.15) is 0 Å². The van der Waals surface area contributed by atoms with Crippen molar-refractivity contribution in [1.82, 2.24) is 20.9 Å². The number of nitrogens with zero attached hydrogens (tertiary/aromatic N) is 2. The van der Waals surface area contributed by atoms with Crippen molar-refractivity contribution in [2.24, 2.45) is 0 Å². The number of aliphatic hydroxyl groups excluding tert-OH is 1. The predicted octanol–water partition coefficient (Wildman–Crippen LogP) is 4.44. The molecule has 0 aromatic heterocycles. The van der Waals surface area contributed by atoms with E-state index in [1.165, 1.54) is 12.1 Å². The second-order valence-corrected chi connectivity index (χ2v) is 12.0. The quantitative estimate of drug-likeness (QED) is 0.197. The molecule has 3 aromatic carbocycles. The molecule has 0 saturated carbocycles. The van der Waals surface area contributed by atoms with Crippen molar-refractivity contribution >= 4 is 17.5 Å². The van der Waals surface area contributed by atoms with E-state index in [9.17, 15) is 23.5 Å². The number of piperazine rings is 1. The minimum Gasteiger partial charge on any atom is -0.390 e. The first kappa shape index (κ1) is 35.0. The van der Waals surface area contributed by atoms with Crippen molar-refractivity contribution in [1.29, 1.82) is 0 Å². The van der Waals surface area contributed by atoms with Gasteiger partial charge >= 0.3 is 0 Å². The number of nitrogens with one attached hydrogen (secondary N) is 3. The Bertz CT molecular complexity index is 1440. The number of amides is 2. The van der Waals surface area contributed by atoms with Crippen LogP contribution in [0.1, 0.15) is 64.1 Å². The Morgan fingerprint density at radius 3 is 2.28 bits per heavy atom. The highest BCUT2D eigenvalue weighted by Crippen LogP contribution is 2.18. The summed E-state index contributed by atoms with van der Waals surface area (Å²) in [6.45, 7) is 11.4. The second kappa shape index (κ2) is 17.2. The Morgan fingerprint density at radius 1 is 0.935 bits per heavy atom. The molecule has 1 aliphatic rings. The first-order valence-corrected chi connectivity index (χ1v) is 16.3. The van der Waals surface area contributed by atoms with Crippen molar-refractivity contribution in [3.05, 3.63) is 100 Å². The molecule has 1 fully saturated rings. The number of carbonyl (C=O) groups excluding carboxylic acids is 2. The topological polar surface area (TPSA) is 96.9 Å². The molecule has 4 rings (SSSR count). The molecule has 0 spiro atoms. The fourth-order valence-corrected chi connectivity index (χ4v) is 5.89. The van der Waals surface area contributed by atoms with Crippen molar-refractivity contribution in [3.8, 4) is 0 Å². The minimum atomic E-state index is -1.08. The summed E-state index contributed by atoms with van der Waals surface area (Å²) < 4.78 is 28.1. The summed E-state index contributed by atoms with van der Waals surface area (Å²) in [6.07, 6.45) is 0.559.